The molecule has 0 aliphatic carbocycles. The lowest BCUT2D eigenvalue weighted by atomic mass is 9.98. The Hall–Kier alpha value is -4.85. The van der Waals surface area contributed by atoms with Gasteiger partial charge in [0.15, 0.2) is 11.5 Å². The molecule has 2 bridgehead atoms. The first kappa shape index (κ1) is 36.0. The highest BCUT2D eigenvalue weighted by Crippen LogP contribution is 2.38. The molecule has 0 aromatic heterocycles. The minimum Gasteiger partial charge on any atom is -0.493 e. The molecule has 14 heteroatoms. The van der Waals surface area contributed by atoms with E-state index in [1.165, 1.54) is 38.2 Å². The van der Waals surface area contributed by atoms with Crippen molar-refractivity contribution in [2.24, 2.45) is 5.92 Å². The van der Waals surface area contributed by atoms with Gasteiger partial charge in [0.25, 0.3) is 5.91 Å². The summed E-state index contributed by atoms with van der Waals surface area (Å²) in [6, 6.07) is 10.1. The summed E-state index contributed by atoms with van der Waals surface area (Å²) in [5.74, 6) is -1.67. The van der Waals surface area contributed by atoms with Gasteiger partial charge < -0.3 is 45.1 Å². The van der Waals surface area contributed by atoms with Crippen LogP contribution in [-0.4, -0.2) is 107 Å². The van der Waals surface area contributed by atoms with Crippen molar-refractivity contribution in [3.05, 3.63) is 53.6 Å². The van der Waals surface area contributed by atoms with Crippen LogP contribution in [0, 0.1) is 5.92 Å². The maximum atomic E-state index is 13.5. The molecule has 2 atom stereocenters. The number of amides is 5. The zero-order valence-corrected chi connectivity index (χ0v) is 27.7. The van der Waals surface area contributed by atoms with Gasteiger partial charge in [0.2, 0.25) is 29.4 Å². The lowest BCUT2D eigenvalue weighted by molar-refractivity contribution is -0.142. The number of carbonyl (C=O) groups excluding carboxylic acids is 5. The molecule has 14 nitrogen and oxygen atoms in total. The van der Waals surface area contributed by atoms with E-state index in [2.05, 4.69) is 21.3 Å². The first-order chi connectivity index (χ1) is 23.2. The number of nitrogens with zero attached hydrogens (tertiary/aromatic N) is 1. The average Bonchev–Trinajstić information content (AvgIpc) is 3.10. The van der Waals surface area contributed by atoms with Gasteiger partial charge in [-0.05, 0) is 43.9 Å². The van der Waals surface area contributed by atoms with Gasteiger partial charge in [-0.25, -0.2) is 0 Å². The molecule has 2 aromatic rings. The van der Waals surface area contributed by atoms with Crippen LogP contribution < -0.4 is 35.5 Å². The Morgan fingerprint density at radius 1 is 0.896 bits per heavy atom. The summed E-state index contributed by atoms with van der Waals surface area (Å²) in [4.78, 5) is 67.9. The van der Waals surface area contributed by atoms with Crippen molar-refractivity contribution in [1.82, 2.24) is 26.2 Å². The molecule has 1 fully saturated rings. The second-order valence-corrected chi connectivity index (χ2v) is 11.6. The van der Waals surface area contributed by atoms with E-state index in [1.54, 1.807) is 0 Å². The minimum absolute atomic E-state index is 0.0572. The van der Waals surface area contributed by atoms with Gasteiger partial charge in [0, 0.05) is 50.8 Å². The minimum atomic E-state index is -1.01. The van der Waals surface area contributed by atoms with Crippen LogP contribution in [0.4, 0.5) is 0 Å². The molecule has 0 saturated carbocycles. The normalized spacial score (nSPS) is 20.9. The van der Waals surface area contributed by atoms with Crippen molar-refractivity contribution in [2.75, 3.05) is 60.2 Å². The Morgan fingerprint density at radius 2 is 1.58 bits per heavy atom. The molecule has 5 rings (SSSR count). The molecule has 2 aromatic carbocycles. The summed E-state index contributed by atoms with van der Waals surface area (Å²) in [6.07, 6.45) is 1.71. The monoisotopic (exact) mass is 667 g/mol. The fourth-order valence-electron chi connectivity index (χ4n) is 5.47. The van der Waals surface area contributed by atoms with Crippen LogP contribution in [-0.2, 0) is 30.3 Å². The number of rotatable bonds is 5. The predicted octanol–water partition coefficient (Wildman–Crippen LogP) is 0.820. The van der Waals surface area contributed by atoms with Crippen molar-refractivity contribution in [3.8, 4) is 17.2 Å². The predicted molar refractivity (Wildman–Crippen MR) is 175 cm³/mol. The standard InChI is InChI=1S/C34H45N5O9/c1-22-31(41)38-26(18-23-8-5-4-6-9-23)33(43)36-13-14-39(34(44)24-10-16-47-17-11-24)21-29(40)35-12-7-15-48-30-27(45-2)19-25(32(42)37-22)20-28(30)46-3/h4-6,8-9,19-20,22,24,26H,7,10-18,21H2,1-3H3,(H,35,40)(H,36,43)(H,37,42)(H,38,41)/t22-,26+/m0/s1. The Balaban J connectivity index is 1.59. The smallest absolute Gasteiger partial charge is 0.252 e. The van der Waals surface area contributed by atoms with Crippen LogP contribution in [0.25, 0.3) is 0 Å². The van der Waals surface area contributed by atoms with E-state index < -0.39 is 29.8 Å². The second kappa shape index (κ2) is 17.9. The van der Waals surface area contributed by atoms with Crippen molar-refractivity contribution in [2.45, 2.75) is 44.7 Å². The van der Waals surface area contributed by atoms with Gasteiger partial charge in [0.05, 0.1) is 27.4 Å². The largest absolute Gasteiger partial charge is 0.493 e. The highest BCUT2D eigenvalue weighted by molar-refractivity contribution is 5.99. The highest BCUT2D eigenvalue weighted by Gasteiger charge is 2.29. The molecule has 3 aliphatic heterocycles. The van der Waals surface area contributed by atoms with Gasteiger partial charge in [-0.3, -0.25) is 24.0 Å². The molecule has 0 spiro atoms. The molecule has 4 N–H and O–H groups in total. The Bertz CT molecular complexity index is 1410. The zero-order valence-electron chi connectivity index (χ0n) is 27.7. The van der Waals surface area contributed by atoms with E-state index in [4.69, 9.17) is 18.9 Å². The maximum absolute atomic E-state index is 13.5. The van der Waals surface area contributed by atoms with E-state index in [9.17, 15) is 24.0 Å². The van der Waals surface area contributed by atoms with Crippen LogP contribution in [0.3, 0.4) is 0 Å². The third-order valence-electron chi connectivity index (χ3n) is 8.17. The van der Waals surface area contributed by atoms with Crippen molar-refractivity contribution in [3.63, 3.8) is 0 Å². The zero-order chi connectivity index (χ0) is 34.5. The van der Waals surface area contributed by atoms with E-state index >= 15 is 0 Å². The average molecular weight is 668 g/mol. The summed E-state index contributed by atoms with van der Waals surface area (Å²) < 4.78 is 22.3. The van der Waals surface area contributed by atoms with E-state index in [-0.39, 0.29) is 79.8 Å². The van der Waals surface area contributed by atoms with E-state index in [0.717, 1.165) is 5.56 Å². The highest BCUT2D eigenvalue weighted by atomic mass is 16.5. The molecular weight excluding hydrogens is 622 g/mol. The van der Waals surface area contributed by atoms with Crippen LogP contribution in [0.2, 0.25) is 0 Å². The lowest BCUT2D eigenvalue weighted by Crippen LogP contribution is -2.54. The molecule has 260 valence electrons. The third kappa shape index (κ3) is 10.1. The summed E-state index contributed by atoms with van der Waals surface area (Å²) >= 11 is 0. The van der Waals surface area contributed by atoms with Crippen LogP contribution in [0.5, 0.6) is 17.2 Å². The molecule has 0 unspecified atom stereocenters. The molecule has 48 heavy (non-hydrogen) atoms. The van der Waals surface area contributed by atoms with E-state index in [0.29, 0.717) is 32.5 Å². The quantitative estimate of drug-likeness (QED) is 0.337. The number of nitrogens with one attached hydrogen (secondary N) is 4. The Kier molecular flexibility index (Phi) is 13.4. The number of hydrogen-bond donors (Lipinski definition) is 4. The molecule has 3 aliphatic rings. The third-order valence-corrected chi connectivity index (χ3v) is 8.17. The molecule has 3 heterocycles. The van der Waals surface area contributed by atoms with Gasteiger partial charge >= 0.3 is 0 Å². The molecule has 1 saturated heterocycles. The number of hydrogen-bond acceptors (Lipinski definition) is 9. The first-order valence-corrected chi connectivity index (χ1v) is 16.1. The number of benzene rings is 2. The fraction of sp³-hybridized carbons (Fsp3) is 0.500. The molecular formula is C34H45N5O9. The van der Waals surface area contributed by atoms with Gasteiger partial charge in [0.1, 0.15) is 12.1 Å². The van der Waals surface area contributed by atoms with Crippen molar-refractivity contribution >= 4 is 29.5 Å². The van der Waals surface area contributed by atoms with Crippen LogP contribution >= 0.6 is 0 Å². The number of methoxy groups -OCH3 is 2. The van der Waals surface area contributed by atoms with Crippen LogP contribution in [0.15, 0.2) is 42.5 Å². The Morgan fingerprint density at radius 3 is 2.25 bits per heavy atom. The lowest BCUT2D eigenvalue weighted by Gasteiger charge is -2.29. The molecule has 5 amide bonds. The van der Waals surface area contributed by atoms with Crippen LogP contribution in [0.1, 0.15) is 42.1 Å². The van der Waals surface area contributed by atoms with Gasteiger partial charge in [-0.1, -0.05) is 30.3 Å². The first-order valence-electron chi connectivity index (χ1n) is 16.1. The summed E-state index contributed by atoms with van der Waals surface area (Å²) in [5.41, 5.74) is 0.981. The second-order valence-electron chi connectivity index (χ2n) is 11.6. The van der Waals surface area contributed by atoms with Crippen molar-refractivity contribution in [1.29, 1.82) is 0 Å². The fourth-order valence-corrected chi connectivity index (χ4v) is 5.47. The molecule has 0 radical (unpaired) electrons. The van der Waals surface area contributed by atoms with Gasteiger partial charge in [-0.2, -0.15) is 0 Å². The Labute approximate surface area is 280 Å². The number of fused-ring (bicyclic) bond motifs is 19. The maximum Gasteiger partial charge on any atom is 0.252 e. The number of carbonyl (C=O) groups is 5. The van der Waals surface area contributed by atoms with Gasteiger partial charge in [-0.15, -0.1) is 0 Å². The summed E-state index contributed by atoms with van der Waals surface area (Å²) in [7, 11) is 2.85. The van der Waals surface area contributed by atoms with Crippen molar-refractivity contribution < 1.29 is 42.9 Å². The number of ether oxygens (including phenoxy) is 4. The summed E-state index contributed by atoms with van der Waals surface area (Å²) in [5, 5.41) is 11.1. The van der Waals surface area contributed by atoms with E-state index in [1.807, 2.05) is 30.3 Å². The SMILES string of the molecule is COc1cc2cc(OC)c1OCCCNC(=O)CN(C(=O)C1CCOCC1)CCNC(=O)[C@@H](Cc1ccccc1)NC(=O)[C@H](C)NC2=O. The topological polar surface area (TPSA) is 174 Å². The summed E-state index contributed by atoms with van der Waals surface area (Å²) in [6.45, 7) is 2.87.